The average molecular weight is 175 g/mol. The van der Waals surface area contributed by atoms with E-state index < -0.39 is 0 Å². The molecule has 0 aliphatic heterocycles. The van der Waals surface area contributed by atoms with Gasteiger partial charge >= 0.3 is 0 Å². The fourth-order valence-electron chi connectivity index (χ4n) is 1.42. The molecule has 0 aromatic carbocycles. The summed E-state index contributed by atoms with van der Waals surface area (Å²) in [5, 5.41) is 0. The van der Waals surface area contributed by atoms with E-state index in [0.717, 1.165) is 16.9 Å². The third kappa shape index (κ3) is 1.30. The highest BCUT2D eigenvalue weighted by molar-refractivity contribution is 5.71. The Labute approximate surface area is 77.4 Å². The van der Waals surface area contributed by atoms with Crippen molar-refractivity contribution in [3.8, 4) is 0 Å². The van der Waals surface area contributed by atoms with Crippen LogP contribution in [0.4, 0.5) is 0 Å². The van der Waals surface area contributed by atoms with Crippen LogP contribution in [0.1, 0.15) is 25.6 Å². The van der Waals surface area contributed by atoms with Crippen LogP contribution in [0.25, 0.3) is 11.2 Å². The smallest absolute Gasteiger partial charge is 0.159 e. The zero-order valence-electron chi connectivity index (χ0n) is 8.15. The minimum Gasteiger partial charge on any atom is -0.329 e. The second kappa shape index (κ2) is 2.83. The van der Waals surface area contributed by atoms with Gasteiger partial charge in [-0.05, 0) is 26.8 Å². The Balaban J connectivity index is 2.71. The number of rotatable bonds is 1. The van der Waals surface area contributed by atoms with E-state index in [1.165, 1.54) is 0 Å². The zero-order chi connectivity index (χ0) is 9.42. The molecule has 0 amide bonds. The molecule has 0 atom stereocenters. The van der Waals surface area contributed by atoms with Gasteiger partial charge in [-0.3, -0.25) is 4.98 Å². The maximum Gasteiger partial charge on any atom is 0.159 e. The lowest BCUT2D eigenvalue weighted by Crippen LogP contribution is -2.00. The monoisotopic (exact) mass is 175 g/mol. The average Bonchev–Trinajstić information content (AvgIpc) is 2.46. The van der Waals surface area contributed by atoms with E-state index in [0.29, 0.717) is 6.04 Å². The number of hydrogen-bond donors (Lipinski definition) is 0. The molecule has 2 aromatic heterocycles. The summed E-state index contributed by atoms with van der Waals surface area (Å²) < 4.78 is 2.13. The van der Waals surface area contributed by atoms with Gasteiger partial charge in [0.15, 0.2) is 5.65 Å². The third-order valence-corrected chi connectivity index (χ3v) is 2.10. The Bertz CT molecular complexity index is 429. The van der Waals surface area contributed by atoms with Crippen LogP contribution in [0.15, 0.2) is 18.5 Å². The summed E-state index contributed by atoms with van der Waals surface area (Å²) in [5.74, 6) is 0. The second-order valence-electron chi connectivity index (χ2n) is 3.54. The Morgan fingerprint density at radius 3 is 2.85 bits per heavy atom. The van der Waals surface area contributed by atoms with Crippen LogP contribution in [-0.2, 0) is 0 Å². The van der Waals surface area contributed by atoms with Crippen molar-refractivity contribution in [2.45, 2.75) is 26.8 Å². The molecule has 2 rings (SSSR count). The molecule has 0 aliphatic rings. The van der Waals surface area contributed by atoms with Gasteiger partial charge in [0.25, 0.3) is 0 Å². The largest absolute Gasteiger partial charge is 0.329 e. The first kappa shape index (κ1) is 8.23. The molecule has 68 valence electrons. The summed E-state index contributed by atoms with van der Waals surface area (Å²) in [6.45, 7) is 6.25. The van der Waals surface area contributed by atoms with E-state index in [-0.39, 0.29) is 0 Å². The molecule has 0 saturated heterocycles. The van der Waals surface area contributed by atoms with E-state index >= 15 is 0 Å². The van der Waals surface area contributed by atoms with E-state index in [1.54, 1.807) is 6.20 Å². The van der Waals surface area contributed by atoms with Crippen molar-refractivity contribution in [2.75, 3.05) is 0 Å². The molecule has 0 bridgehead atoms. The van der Waals surface area contributed by atoms with E-state index in [4.69, 9.17) is 0 Å². The third-order valence-electron chi connectivity index (χ3n) is 2.10. The Kier molecular flexibility index (Phi) is 1.79. The molecule has 13 heavy (non-hydrogen) atoms. The maximum absolute atomic E-state index is 4.46. The van der Waals surface area contributed by atoms with Crippen LogP contribution in [0.3, 0.4) is 0 Å². The van der Waals surface area contributed by atoms with E-state index in [2.05, 4.69) is 28.4 Å². The van der Waals surface area contributed by atoms with E-state index in [9.17, 15) is 0 Å². The summed E-state index contributed by atoms with van der Waals surface area (Å²) in [7, 11) is 0. The van der Waals surface area contributed by atoms with Gasteiger partial charge in [-0.25, -0.2) is 4.98 Å². The molecular formula is C10H13N3. The molecule has 0 N–H and O–H groups in total. The predicted octanol–water partition coefficient (Wildman–Crippen LogP) is 2.32. The summed E-state index contributed by atoms with van der Waals surface area (Å²) in [5.41, 5.74) is 2.92. The highest BCUT2D eigenvalue weighted by Crippen LogP contribution is 2.15. The van der Waals surface area contributed by atoms with Gasteiger partial charge in [0, 0.05) is 18.4 Å². The molecule has 0 fully saturated rings. The fourth-order valence-corrected chi connectivity index (χ4v) is 1.42. The van der Waals surface area contributed by atoms with Crippen LogP contribution >= 0.6 is 0 Å². The van der Waals surface area contributed by atoms with Gasteiger partial charge in [0.05, 0.1) is 5.69 Å². The predicted molar refractivity (Wildman–Crippen MR) is 52.7 cm³/mol. The molecule has 0 aliphatic carbocycles. The van der Waals surface area contributed by atoms with Crippen molar-refractivity contribution in [1.82, 2.24) is 14.5 Å². The highest BCUT2D eigenvalue weighted by Gasteiger charge is 2.05. The summed E-state index contributed by atoms with van der Waals surface area (Å²) in [6, 6.07) is 2.44. The van der Waals surface area contributed by atoms with Gasteiger partial charge < -0.3 is 4.57 Å². The molecule has 2 heterocycles. The normalized spacial score (nSPS) is 11.4. The first-order chi connectivity index (χ1) is 6.18. The van der Waals surface area contributed by atoms with Gasteiger partial charge in [-0.15, -0.1) is 0 Å². The minimum absolute atomic E-state index is 0.439. The lowest BCUT2D eigenvalue weighted by molar-refractivity contribution is 0.617. The lowest BCUT2D eigenvalue weighted by Gasteiger charge is -2.07. The van der Waals surface area contributed by atoms with Crippen LogP contribution in [0, 0.1) is 6.92 Å². The van der Waals surface area contributed by atoms with Crippen molar-refractivity contribution in [2.24, 2.45) is 0 Å². The lowest BCUT2D eigenvalue weighted by atomic mass is 10.4. The van der Waals surface area contributed by atoms with Crippen LogP contribution in [-0.4, -0.2) is 14.5 Å². The number of aryl methyl sites for hydroxylation is 1. The SMILES string of the molecule is Cc1cnc2ccn(C(C)C)c2n1. The van der Waals surface area contributed by atoms with Crippen LogP contribution < -0.4 is 0 Å². The van der Waals surface area contributed by atoms with Crippen molar-refractivity contribution in [1.29, 1.82) is 0 Å². The van der Waals surface area contributed by atoms with Gasteiger partial charge in [-0.1, -0.05) is 0 Å². The molecule has 0 saturated carbocycles. The number of fused-ring (bicyclic) bond motifs is 1. The maximum atomic E-state index is 4.46. The number of nitrogens with zero attached hydrogens (tertiary/aromatic N) is 3. The Morgan fingerprint density at radius 1 is 1.38 bits per heavy atom. The number of hydrogen-bond acceptors (Lipinski definition) is 2. The molecule has 0 unspecified atom stereocenters. The molecular weight excluding hydrogens is 162 g/mol. The molecule has 3 heteroatoms. The summed E-state index contributed by atoms with van der Waals surface area (Å²) in [4.78, 5) is 8.76. The second-order valence-corrected chi connectivity index (χ2v) is 3.54. The molecule has 0 spiro atoms. The van der Waals surface area contributed by atoms with Crippen molar-refractivity contribution < 1.29 is 0 Å². The summed E-state index contributed by atoms with van der Waals surface area (Å²) in [6.07, 6.45) is 3.84. The minimum atomic E-state index is 0.439. The standard InChI is InChI=1S/C10H13N3/c1-7(2)13-5-4-9-10(13)12-8(3)6-11-9/h4-7H,1-3H3. The quantitative estimate of drug-likeness (QED) is 0.666. The Morgan fingerprint density at radius 2 is 2.15 bits per heavy atom. The molecule has 0 radical (unpaired) electrons. The van der Waals surface area contributed by atoms with Crippen molar-refractivity contribution in [3.05, 3.63) is 24.2 Å². The fraction of sp³-hybridized carbons (Fsp3) is 0.400. The van der Waals surface area contributed by atoms with E-state index in [1.807, 2.05) is 19.2 Å². The van der Waals surface area contributed by atoms with Crippen LogP contribution in [0.2, 0.25) is 0 Å². The van der Waals surface area contributed by atoms with Crippen LogP contribution in [0.5, 0.6) is 0 Å². The van der Waals surface area contributed by atoms with Gasteiger partial charge in [-0.2, -0.15) is 0 Å². The number of aromatic nitrogens is 3. The highest BCUT2D eigenvalue weighted by atomic mass is 15.1. The first-order valence-electron chi connectivity index (χ1n) is 4.48. The zero-order valence-corrected chi connectivity index (χ0v) is 8.15. The van der Waals surface area contributed by atoms with Crippen molar-refractivity contribution in [3.63, 3.8) is 0 Å². The van der Waals surface area contributed by atoms with Gasteiger partial charge in [0.2, 0.25) is 0 Å². The topological polar surface area (TPSA) is 30.7 Å². The van der Waals surface area contributed by atoms with Gasteiger partial charge in [0.1, 0.15) is 5.52 Å². The Hall–Kier alpha value is -1.38. The molecule has 2 aromatic rings. The van der Waals surface area contributed by atoms with Crippen molar-refractivity contribution >= 4 is 11.2 Å². The first-order valence-corrected chi connectivity index (χ1v) is 4.48. The summed E-state index contributed by atoms with van der Waals surface area (Å²) >= 11 is 0. The molecule has 3 nitrogen and oxygen atoms in total.